The van der Waals surface area contributed by atoms with Crippen molar-refractivity contribution in [2.75, 3.05) is 5.23 Å². The van der Waals surface area contributed by atoms with Gasteiger partial charge in [-0.1, -0.05) is 23.4 Å². The number of carbonyl (C=O) groups excluding carboxylic acids is 1. The van der Waals surface area contributed by atoms with E-state index in [-0.39, 0.29) is 0 Å². The van der Waals surface area contributed by atoms with Gasteiger partial charge >= 0.3 is 5.97 Å². The highest BCUT2D eigenvalue weighted by Crippen LogP contribution is 2.10. The molecule has 0 bridgehead atoms. The maximum Gasteiger partial charge on any atom is 0.332 e. The van der Waals surface area contributed by atoms with E-state index in [0.717, 1.165) is 0 Å². The van der Waals surface area contributed by atoms with Crippen LogP contribution in [0.5, 0.6) is 0 Å². The maximum atomic E-state index is 10.4. The topological polar surface area (TPSA) is 49.8 Å². The van der Waals surface area contributed by atoms with Crippen molar-refractivity contribution in [3.8, 4) is 0 Å². The molecule has 1 aromatic rings. The third-order valence-electron chi connectivity index (χ3n) is 1.19. The van der Waals surface area contributed by atoms with Crippen LogP contribution in [0, 0.1) is 0 Å². The fourth-order valence-electron chi connectivity index (χ4n) is 0.730. The Morgan fingerprint density at radius 3 is 2.50 bits per heavy atom. The highest BCUT2D eigenvalue weighted by atomic mass is 16.9. The van der Waals surface area contributed by atoms with Crippen molar-refractivity contribution in [2.24, 2.45) is 0 Å². The summed E-state index contributed by atoms with van der Waals surface area (Å²) in [6, 6.07) is 8.47. The van der Waals surface area contributed by atoms with Gasteiger partial charge in [0.1, 0.15) is 5.69 Å². The molecule has 0 saturated carbocycles. The van der Waals surface area contributed by atoms with Gasteiger partial charge in [-0.3, -0.25) is 5.21 Å². The zero-order valence-corrected chi connectivity index (χ0v) is 6.60. The first-order valence-corrected chi connectivity index (χ1v) is 3.43. The minimum atomic E-state index is -0.568. The molecule has 64 valence electrons. The lowest BCUT2D eigenvalue weighted by molar-refractivity contribution is -0.153. The van der Waals surface area contributed by atoms with E-state index in [4.69, 9.17) is 5.21 Å². The van der Waals surface area contributed by atoms with Crippen molar-refractivity contribution in [3.63, 3.8) is 0 Å². The van der Waals surface area contributed by atoms with E-state index in [9.17, 15) is 4.79 Å². The molecule has 1 aromatic carbocycles. The first kappa shape index (κ1) is 8.55. The van der Waals surface area contributed by atoms with E-state index in [1.807, 2.05) is 0 Å². The molecule has 0 aliphatic rings. The molecule has 0 fully saturated rings. The molecule has 1 rings (SSSR count). The molecule has 4 nitrogen and oxygen atoms in total. The summed E-state index contributed by atoms with van der Waals surface area (Å²) in [5.41, 5.74) is 0.410. The third-order valence-corrected chi connectivity index (χ3v) is 1.19. The van der Waals surface area contributed by atoms with Crippen LogP contribution in [0.4, 0.5) is 5.69 Å². The number of rotatable bonds is 2. The predicted molar refractivity (Wildman–Crippen MR) is 42.5 cm³/mol. The fourth-order valence-corrected chi connectivity index (χ4v) is 0.730. The number of carbonyl (C=O) groups is 1. The summed E-state index contributed by atoms with van der Waals surface area (Å²) >= 11 is 0. The van der Waals surface area contributed by atoms with E-state index >= 15 is 0 Å². The Balaban J connectivity index is 2.65. The number of hydrogen-bond donors (Lipinski definition) is 1. The summed E-state index contributed by atoms with van der Waals surface area (Å²) in [4.78, 5) is 14.8. The Labute approximate surface area is 69.9 Å². The SMILES string of the molecule is CC(=O)ON(O)c1ccccc1. The number of nitrogens with zero attached hydrogens (tertiary/aromatic N) is 1. The van der Waals surface area contributed by atoms with Crippen molar-refractivity contribution < 1.29 is 14.8 Å². The van der Waals surface area contributed by atoms with Crippen LogP contribution in [-0.4, -0.2) is 11.2 Å². The highest BCUT2D eigenvalue weighted by molar-refractivity contribution is 5.67. The summed E-state index contributed by atoms with van der Waals surface area (Å²) in [6.45, 7) is 1.21. The van der Waals surface area contributed by atoms with Crippen LogP contribution in [0.3, 0.4) is 0 Å². The van der Waals surface area contributed by atoms with Gasteiger partial charge in [0.25, 0.3) is 0 Å². The Hall–Kier alpha value is -1.55. The maximum absolute atomic E-state index is 10.4. The Morgan fingerprint density at radius 1 is 1.42 bits per heavy atom. The van der Waals surface area contributed by atoms with Crippen molar-refractivity contribution in [1.29, 1.82) is 0 Å². The van der Waals surface area contributed by atoms with Crippen LogP contribution in [0.25, 0.3) is 0 Å². The first-order chi connectivity index (χ1) is 5.70. The monoisotopic (exact) mass is 167 g/mol. The molecule has 0 aromatic heterocycles. The van der Waals surface area contributed by atoms with Gasteiger partial charge in [0.2, 0.25) is 0 Å². The van der Waals surface area contributed by atoms with Crippen molar-refractivity contribution in [1.82, 2.24) is 0 Å². The van der Waals surface area contributed by atoms with Gasteiger partial charge < -0.3 is 4.84 Å². The molecule has 0 amide bonds. The van der Waals surface area contributed by atoms with E-state index in [0.29, 0.717) is 10.9 Å². The first-order valence-electron chi connectivity index (χ1n) is 3.43. The van der Waals surface area contributed by atoms with Gasteiger partial charge in [-0.25, -0.2) is 4.79 Å². The molecule has 0 aliphatic heterocycles. The minimum Gasteiger partial charge on any atom is -0.315 e. The molecule has 0 spiro atoms. The molecule has 0 atom stereocenters. The van der Waals surface area contributed by atoms with E-state index in [1.165, 1.54) is 6.92 Å². The van der Waals surface area contributed by atoms with E-state index in [1.54, 1.807) is 30.3 Å². The van der Waals surface area contributed by atoms with Gasteiger partial charge in [-0.2, -0.15) is 0 Å². The summed E-state index contributed by atoms with van der Waals surface area (Å²) < 4.78 is 0. The van der Waals surface area contributed by atoms with E-state index in [2.05, 4.69) is 4.84 Å². The molecule has 0 radical (unpaired) electrons. The lowest BCUT2D eigenvalue weighted by Gasteiger charge is -2.13. The molecule has 0 unspecified atom stereocenters. The molecule has 0 saturated heterocycles. The molecule has 12 heavy (non-hydrogen) atoms. The smallest absolute Gasteiger partial charge is 0.315 e. The van der Waals surface area contributed by atoms with Crippen LogP contribution in [0.15, 0.2) is 30.3 Å². The Bertz CT molecular complexity index is 260. The number of para-hydroxylation sites is 1. The Morgan fingerprint density at radius 2 is 2.00 bits per heavy atom. The van der Waals surface area contributed by atoms with Crippen LogP contribution >= 0.6 is 0 Å². The molecular weight excluding hydrogens is 158 g/mol. The third kappa shape index (κ3) is 2.25. The molecular formula is C8H9NO3. The number of benzene rings is 1. The largest absolute Gasteiger partial charge is 0.332 e. The van der Waals surface area contributed by atoms with Crippen LogP contribution < -0.4 is 5.23 Å². The van der Waals surface area contributed by atoms with Gasteiger partial charge in [-0.05, 0) is 12.1 Å². The van der Waals surface area contributed by atoms with Gasteiger partial charge in [0.05, 0.1) is 0 Å². The summed E-state index contributed by atoms with van der Waals surface area (Å²) in [5.74, 6) is -0.568. The predicted octanol–water partition coefficient (Wildman–Crippen LogP) is 1.36. The fraction of sp³-hybridized carbons (Fsp3) is 0.125. The second kappa shape index (κ2) is 3.73. The summed E-state index contributed by atoms with van der Waals surface area (Å²) in [6.07, 6.45) is 0. The lowest BCUT2D eigenvalue weighted by Crippen LogP contribution is -2.21. The summed E-state index contributed by atoms with van der Waals surface area (Å²) in [7, 11) is 0. The summed E-state index contributed by atoms with van der Waals surface area (Å²) in [5, 5.41) is 9.51. The van der Waals surface area contributed by atoms with Crippen LogP contribution in [0.2, 0.25) is 0 Å². The standard InChI is InChI=1S/C8H9NO3/c1-7(10)12-9(11)8-5-3-2-4-6-8/h2-6,11H,1H3. The van der Waals surface area contributed by atoms with Crippen LogP contribution in [-0.2, 0) is 9.63 Å². The van der Waals surface area contributed by atoms with Gasteiger partial charge in [0, 0.05) is 6.92 Å². The van der Waals surface area contributed by atoms with E-state index < -0.39 is 5.97 Å². The van der Waals surface area contributed by atoms with Gasteiger partial charge in [0.15, 0.2) is 0 Å². The highest BCUT2D eigenvalue weighted by Gasteiger charge is 2.04. The van der Waals surface area contributed by atoms with Gasteiger partial charge in [-0.15, -0.1) is 0 Å². The molecule has 0 heterocycles. The zero-order chi connectivity index (χ0) is 8.97. The Kier molecular flexibility index (Phi) is 2.66. The molecule has 0 aliphatic carbocycles. The zero-order valence-electron chi connectivity index (χ0n) is 6.60. The number of hydrogen-bond acceptors (Lipinski definition) is 4. The number of anilines is 1. The minimum absolute atomic E-state index is 0.410. The normalized spacial score (nSPS) is 9.17. The van der Waals surface area contributed by atoms with Crippen LogP contribution in [0.1, 0.15) is 6.92 Å². The second-order valence-electron chi connectivity index (χ2n) is 2.19. The average Bonchev–Trinajstić information content (AvgIpc) is 2.05. The van der Waals surface area contributed by atoms with Crippen molar-refractivity contribution >= 4 is 11.7 Å². The van der Waals surface area contributed by atoms with Crippen molar-refractivity contribution in [3.05, 3.63) is 30.3 Å². The lowest BCUT2D eigenvalue weighted by atomic mass is 10.3. The quantitative estimate of drug-likeness (QED) is 0.675. The molecule has 4 heteroatoms. The average molecular weight is 167 g/mol. The second-order valence-corrected chi connectivity index (χ2v) is 2.19. The molecule has 1 N–H and O–H groups in total. The van der Waals surface area contributed by atoms with Crippen molar-refractivity contribution in [2.45, 2.75) is 6.92 Å².